The Hall–Kier alpha value is -3.35. The molecule has 0 unspecified atom stereocenters. The summed E-state index contributed by atoms with van der Waals surface area (Å²) >= 11 is 7.89. The second-order valence-corrected chi connectivity index (χ2v) is 11.4. The molecule has 2 heterocycles. The number of nitrogens with one attached hydrogen (secondary N) is 1. The first kappa shape index (κ1) is 27.2. The molecule has 200 valence electrons. The van der Waals surface area contributed by atoms with E-state index in [1.165, 1.54) is 17.3 Å². The van der Waals surface area contributed by atoms with Gasteiger partial charge >= 0.3 is 0 Å². The Balaban J connectivity index is 1.26. The summed E-state index contributed by atoms with van der Waals surface area (Å²) in [6, 6.07) is 29.9. The summed E-state index contributed by atoms with van der Waals surface area (Å²) in [7, 11) is 0. The van der Waals surface area contributed by atoms with Gasteiger partial charge in [-0.05, 0) is 54.0 Å². The molecule has 1 aliphatic heterocycles. The number of hydrogen-bond acceptors (Lipinski definition) is 5. The summed E-state index contributed by atoms with van der Waals surface area (Å²) in [6.07, 6.45) is 3.04. The van der Waals surface area contributed by atoms with Crippen LogP contribution in [0.1, 0.15) is 52.9 Å². The molecule has 1 atom stereocenters. The van der Waals surface area contributed by atoms with E-state index in [1.54, 1.807) is 0 Å². The van der Waals surface area contributed by atoms with Crippen molar-refractivity contribution >= 4 is 35.1 Å². The lowest BCUT2D eigenvalue weighted by Crippen LogP contribution is -2.33. The molecule has 1 saturated heterocycles. The number of benzene rings is 3. The molecule has 1 aliphatic rings. The van der Waals surface area contributed by atoms with Gasteiger partial charge in [0.2, 0.25) is 0 Å². The fraction of sp³-hybridized carbons (Fsp3) is 0.281. The van der Waals surface area contributed by atoms with E-state index in [9.17, 15) is 4.79 Å². The van der Waals surface area contributed by atoms with Crippen LogP contribution in [0.5, 0.6) is 0 Å². The van der Waals surface area contributed by atoms with Gasteiger partial charge in [0.15, 0.2) is 5.16 Å². The van der Waals surface area contributed by atoms with Crippen LogP contribution in [0.15, 0.2) is 96.2 Å². The summed E-state index contributed by atoms with van der Waals surface area (Å²) in [4.78, 5) is 24.9. The van der Waals surface area contributed by atoms with Crippen LogP contribution in [0, 0.1) is 5.92 Å². The molecule has 4 aromatic rings. The third-order valence-corrected chi connectivity index (χ3v) is 8.23. The molecular formula is C32H33ClN4OS. The smallest absolute Gasteiger partial charge is 0.251 e. The number of hydrogen-bond donors (Lipinski definition) is 1. The molecule has 39 heavy (non-hydrogen) atoms. The van der Waals surface area contributed by atoms with E-state index in [1.807, 2.05) is 66.7 Å². The second-order valence-electron chi connectivity index (χ2n) is 10.1. The highest BCUT2D eigenvalue weighted by molar-refractivity contribution is 7.98. The van der Waals surface area contributed by atoms with Crippen molar-refractivity contribution in [2.75, 3.05) is 18.0 Å². The monoisotopic (exact) mass is 556 g/mol. The van der Waals surface area contributed by atoms with Crippen LogP contribution < -0.4 is 10.2 Å². The molecular weight excluding hydrogens is 524 g/mol. The Morgan fingerprint density at radius 1 is 0.949 bits per heavy atom. The molecule has 1 N–H and O–H groups in total. The van der Waals surface area contributed by atoms with E-state index in [0.717, 1.165) is 55.2 Å². The molecule has 3 aromatic carbocycles. The standard InChI is InChI=1S/C32H33ClN4OS/c1-23-15-17-37(18-16-23)30-21-29(33)35-32(36-30)39-22-25-11-8-14-27(19-25)31(38)34-28(26-12-6-3-7-13-26)20-24-9-4-2-5-10-24/h2-14,19,21,23,28H,15-18,20,22H2,1H3,(H,34,38)/t28-/m0/s1. The second kappa shape index (κ2) is 13.1. The quantitative estimate of drug-likeness (QED) is 0.132. The average molecular weight is 557 g/mol. The Morgan fingerprint density at radius 2 is 1.64 bits per heavy atom. The van der Waals surface area contributed by atoms with Gasteiger partial charge in [-0.1, -0.05) is 103 Å². The van der Waals surface area contributed by atoms with Crippen molar-refractivity contribution in [3.8, 4) is 0 Å². The molecule has 5 nitrogen and oxygen atoms in total. The first-order valence-electron chi connectivity index (χ1n) is 13.4. The molecule has 0 bridgehead atoms. The van der Waals surface area contributed by atoms with E-state index in [0.29, 0.717) is 21.6 Å². The van der Waals surface area contributed by atoms with Gasteiger partial charge in [0.1, 0.15) is 11.0 Å². The van der Waals surface area contributed by atoms with E-state index in [-0.39, 0.29) is 11.9 Å². The first-order chi connectivity index (χ1) is 19.0. The maximum absolute atomic E-state index is 13.4. The molecule has 1 amide bonds. The zero-order valence-corrected chi connectivity index (χ0v) is 23.7. The number of carbonyl (C=O) groups is 1. The van der Waals surface area contributed by atoms with Crippen LogP contribution in [0.3, 0.4) is 0 Å². The molecule has 0 spiro atoms. The van der Waals surface area contributed by atoms with Gasteiger partial charge in [-0.3, -0.25) is 4.79 Å². The molecule has 0 saturated carbocycles. The topological polar surface area (TPSA) is 58.1 Å². The van der Waals surface area contributed by atoms with Crippen LogP contribution >= 0.6 is 23.4 Å². The molecule has 5 rings (SSSR count). The number of amides is 1. The minimum Gasteiger partial charge on any atom is -0.356 e. The number of rotatable bonds is 9. The van der Waals surface area contributed by atoms with Gasteiger partial charge in [0, 0.05) is 30.5 Å². The predicted molar refractivity (Wildman–Crippen MR) is 160 cm³/mol. The summed E-state index contributed by atoms with van der Waals surface area (Å²) in [6.45, 7) is 4.28. The van der Waals surface area contributed by atoms with Crippen molar-refractivity contribution in [2.24, 2.45) is 5.92 Å². The predicted octanol–water partition coefficient (Wildman–Crippen LogP) is 7.37. The van der Waals surface area contributed by atoms with Crippen molar-refractivity contribution in [1.29, 1.82) is 0 Å². The van der Waals surface area contributed by atoms with Crippen LogP contribution in [0.4, 0.5) is 5.82 Å². The van der Waals surface area contributed by atoms with E-state index in [4.69, 9.17) is 16.6 Å². The first-order valence-corrected chi connectivity index (χ1v) is 14.8. The van der Waals surface area contributed by atoms with Crippen molar-refractivity contribution in [3.05, 3.63) is 118 Å². The molecule has 7 heteroatoms. The highest BCUT2D eigenvalue weighted by Crippen LogP contribution is 2.28. The van der Waals surface area contributed by atoms with E-state index in [2.05, 4.69) is 46.4 Å². The van der Waals surface area contributed by atoms with Gasteiger partial charge in [-0.2, -0.15) is 0 Å². The average Bonchev–Trinajstić information content (AvgIpc) is 2.97. The van der Waals surface area contributed by atoms with Crippen molar-refractivity contribution in [3.63, 3.8) is 0 Å². The number of piperidine rings is 1. The number of halogens is 1. The molecule has 0 radical (unpaired) electrons. The zero-order chi connectivity index (χ0) is 27.0. The van der Waals surface area contributed by atoms with Gasteiger partial charge in [0.25, 0.3) is 5.91 Å². The van der Waals surface area contributed by atoms with Gasteiger partial charge in [-0.25, -0.2) is 9.97 Å². The van der Waals surface area contributed by atoms with Crippen LogP contribution in [-0.4, -0.2) is 29.0 Å². The number of thioether (sulfide) groups is 1. The van der Waals surface area contributed by atoms with Gasteiger partial charge < -0.3 is 10.2 Å². The number of nitrogens with zero attached hydrogens (tertiary/aromatic N) is 3. The van der Waals surface area contributed by atoms with E-state index >= 15 is 0 Å². The lowest BCUT2D eigenvalue weighted by Gasteiger charge is -2.31. The molecule has 1 fully saturated rings. The van der Waals surface area contributed by atoms with Gasteiger partial charge in [-0.15, -0.1) is 0 Å². The summed E-state index contributed by atoms with van der Waals surface area (Å²) < 4.78 is 0. The van der Waals surface area contributed by atoms with Crippen molar-refractivity contribution in [2.45, 2.75) is 43.1 Å². The number of anilines is 1. The Kier molecular flexibility index (Phi) is 9.17. The fourth-order valence-corrected chi connectivity index (χ4v) is 5.85. The molecule has 1 aromatic heterocycles. The highest BCUT2D eigenvalue weighted by Gasteiger charge is 2.19. The van der Waals surface area contributed by atoms with Crippen molar-refractivity contribution in [1.82, 2.24) is 15.3 Å². The lowest BCUT2D eigenvalue weighted by molar-refractivity contribution is 0.0936. The third kappa shape index (κ3) is 7.61. The number of aromatic nitrogens is 2. The third-order valence-electron chi connectivity index (χ3n) is 7.12. The highest BCUT2D eigenvalue weighted by atomic mass is 35.5. The van der Waals surface area contributed by atoms with Crippen molar-refractivity contribution < 1.29 is 4.79 Å². The van der Waals surface area contributed by atoms with Gasteiger partial charge in [0.05, 0.1) is 6.04 Å². The lowest BCUT2D eigenvalue weighted by atomic mass is 9.98. The maximum atomic E-state index is 13.4. The fourth-order valence-electron chi connectivity index (χ4n) is 4.83. The summed E-state index contributed by atoms with van der Waals surface area (Å²) in [5.41, 5.74) is 3.93. The Morgan fingerprint density at radius 3 is 2.38 bits per heavy atom. The Bertz CT molecular complexity index is 1380. The largest absolute Gasteiger partial charge is 0.356 e. The minimum absolute atomic E-state index is 0.0905. The summed E-state index contributed by atoms with van der Waals surface area (Å²) in [5.74, 6) is 2.19. The van der Waals surface area contributed by atoms with Crippen LogP contribution in [-0.2, 0) is 12.2 Å². The number of carbonyl (C=O) groups excluding carboxylic acids is 1. The molecule has 0 aliphatic carbocycles. The minimum atomic E-state index is -0.129. The Labute approximate surface area is 240 Å². The SMILES string of the molecule is CC1CCN(c2cc(Cl)nc(SCc3cccc(C(=O)N[C@@H](Cc4ccccc4)c4ccccc4)c3)n2)CC1. The maximum Gasteiger partial charge on any atom is 0.251 e. The van der Waals surface area contributed by atoms with Crippen LogP contribution in [0.2, 0.25) is 5.15 Å². The van der Waals surface area contributed by atoms with E-state index < -0.39 is 0 Å². The normalized spacial score (nSPS) is 14.7. The van der Waals surface area contributed by atoms with Crippen LogP contribution in [0.25, 0.3) is 0 Å². The zero-order valence-electron chi connectivity index (χ0n) is 22.1. The summed E-state index contributed by atoms with van der Waals surface area (Å²) in [5, 5.41) is 4.37.